The van der Waals surface area contributed by atoms with Crippen molar-refractivity contribution in [1.82, 2.24) is 14.9 Å². The Kier molecular flexibility index (Phi) is 5.04. The van der Waals surface area contributed by atoms with Gasteiger partial charge in [-0.25, -0.2) is 14.8 Å². The molecule has 0 aromatic carbocycles. The lowest BCUT2D eigenvalue weighted by atomic mass is 10.2. The van der Waals surface area contributed by atoms with E-state index in [4.69, 9.17) is 10.5 Å². The third-order valence-corrected chi connectivity index (χ3v) is 3.23. The molecule has 0 spiro atoms. The topological polar surface area (TPSA) is 102 Å². The standard InChI is InChI=1S/C13H19N5O3/c1-2-21-12(20)10(14)11(19)17-6-8-18(9-7-17)13-15-4-3-5-16-13/h3-5,10H,2,6-9,14H2,1H3. The van der Waals surface area contributed by atoms with Crippen molar-refractivity contribution in [2.75, 3.05) is 37.7 Å². The molecule has 2 rings (SSSR count). The average molecular weight is 293 g/mol. The first-order valence-electron chi connectivity index (χ1n) is 6.86. The normalized spacial score (nSPS) is 16.5. The van der Waals surface area contributed by atoms with Crippen LogP contribution in [0.1, 0.15) is 6.92 Å². The van der Waals surface area contributed by atoms with Gasteiger partial charge in [0.25, 0.3) is 5.91 Å². The highest BCUT2D eigenvalue weighted by atomic mass is 16.5. The Bertz CT molecular complexity index is 488. The predicted octanol–water partition coefficient (Wildman–Crippen LogP) is -0.984. The molecule has 1 unspecified atom stereocenters. The van der Waals surface area contributed by atoms with Crippen molar-refractivity contribution in [1.29, 1.82) is 0 Å². The van der Waals surface area contributed by atoms with Crippen LogP contribution in [0.5, 0.6) is 0 Å². The maximum absolute atomic E-state index is 12.1. The molecule has 8 heteroatoms. The molecular formula is C13H19N5O3. The lowest BCUT2D eigenvalue weighted by molar-refractivity contribution is -0.151. The van der Waals surface area contributed by atoms with Crippen LogP contribution in [0.2, 0.25) is 0 Å². The van der Waals surface area contributed by atoms with Gasteiger partial charge in [-0.15, -0.1) is 0 Å². The van der Waals surface area contributed by atoms with E-state index in [1.54, 1.807) is 30.3 Å². The smallest absolute Gasteiger partial charge is 0.332 e. The van der Waals surface area contributed by atoms with Gasteiger partial charge in [0.1, 0.15) is 0 Å². The number of esters is 1. The van der Waals surface area contributed by atoms with Gasteiger partial charge in [0.2, 0.25) is 5.95 Å². The number of rotatable bonds is 4. The molecule has 8 nitrogen and oxygen atoms in total. The van der Waals surface area contributed by atoms with E-state index in [1.165, 1.54) is 0 Å². The second-order valence-electron chi connectivity index (χ2n) is 4.59. The largest absolute Gasteiger partial charge is 0.464 e. The van der Waals surface area contributed by atoms with Crippen molar-refractivity contribution < 1.29 is 14.3 Å². The fraction of sp³-hybridized carbons (Fsp3) is 0.538. The molecule has 1 saturated heterocycles. The fourth-order valence-corrected chi connectivity index (χ4v) is 2.11. The molecule has 1 aromatic heterocycles. The zero-order valence-corrected chi connectivity index (χ0v) is 11.9. The van der Waals surface area contributed by atoms with Crippen LogP contribution in [0.3, 0.4) is 0 Å². The van der Waals surface area contributed by atoms with Crippen LogP contribution in [-0.4, -0.2) is 65.6 Å². The fourth-order valence-electron chi connectivity index (χ4n) is 2.11. The summed E-state index contributed by atoms with van der Waals surface area (Å²) in [5.74, 6) is -0.447. The maximum atomic E-state index is 12.1. The molecule has 21 heavy (non-hydrogen) atoms. The maximum Gasteiger partial charge on any atom is 0.332 e. The van der Waals surface area contributed by atoms with Crippen LogP contribution in [0.4, 0.5) is 5.95 Å². The first-order valence-corrected chi connectivity index (χ1v) is 6.86. The summed E-state index contributed by atoms with van der Waals surface area (Å²) in [6.07, 6.45) is 3.35. The molecule has 2 N–H and O–H groups in total. The van der Waals surface area contributed by atoms with E-state index < -0.39 is 17.9 Å². The summed E-state index contributed by atoms with van der Waals surface area (Å²) >= 11 is 0. The Hall–Kier alpha value is -2.22. The Balaban J connectivity index is 1.89. The SMILES string of the molecule is CCOC(=O)C(N)C(=O)N1CCN(c2ncccn2)CC1. The molecule has 0 radical (unpaired) electrons. The molecule has 1 fully saturated rings. The number of nitrogens with zero attached hydrogens (tertiary/aromatic N) is 4. The molecule has 1 aromatic rings. The van der Waals surface area contributed by atoms with Gasteiger partial charge in [-0.1, -0.05) is 0 Å². The van der Waals surface area contributed by atoms with Crippen molar-refractivity contribution >= 4 is 17.8 Å². The number of hydrogen-bond donors (Lipinski definition) is 1. The summed E-state index contributed by atoms with van der Waals surface area (Å²) in [4.78, 5) is 35.5. The van der Waals surface area contributed by atoms with E-state index in [0.29, 0.717) is 32.1 Å². The Morgan fingerprint density at radius 1 is 1.29 bits per heavy atom. The number of anilines is 1. The molecule has 2 heterocycles. The lowest BCUT2D eigenvalue weighted by Crippen LogP contribution is -2.55. The number of hydrogen-bond acceptors (Lipinski definition) is 7. The summed E-state index contributed by atoms with van der Waals surface area (Å²) in [5.41, 5.74) is 5.62. The molecule has 0 saturated carbocycles. The number of nitrogens with two attached hydrogens (primary N) is 1. The lowest BCUT2D eigenvalue weighted by Gasteiger charge is -2.35. The van der Waals surface area contributed by atoms with Crippen LogP contribution in [-0.2, 0) is 14.3 Å². The van der Waals surface area contributed by atoms with Gasteiger partial charge >= 0.3 is 5.97 Å². The molecular weight excluding hydrogens is 274 g/mol. The highest BCUT2D eigenvalue weighted by Gasteiger charge is 2.30. The Morgan fingerprint density at radius 2 is 1.90 bits per heavy atom. The molecule has 0 bridgehead atoms. The third-order valence-electron chi connectivity index (χ3n) is 3.23. The second-order valence-corrected chi connectivity index (χ2v) is 4.59. The molecule has 1 aliphatic heterocycles. The number of ether oxygens (including phenoxy) is 1. The molecule has 114 valence electrons. The van der Waals surface area contributed by atoms with E-state index in [2.05, 4.69) is 9.97 Å². The molecule has 1 atom stereocenters. The number of carbonyl (C=O) groups is 2. The van der Waals surface area contributed by atoms with Crippen LogP contribution in [0.25, 0.3) is 0 Å². The monoisotopic (exact) mass is 293 g/mol. The average Bonchev–Trinajstić information content (AvgIpc) is 2.54. The number of piperazine rings is 1. The van der Waals surface area contributed by atoms with Gasteiger partial charge in [0.15, 0.2) is 6.04 Å². The minimum absolute atomic E-state index is 0.207. The zero-order chi connectivity index (χ0) is 15.2. The molecule has 1 aliphatic rings. The van der Waals surface area contributed by atoms with Crippen LogP contribution in [0.15, 0.2) is 18.5 Å². The highest BCUT2D eigenvalue weighted by Crippen LogP contribution is 2.10. The zero-order valence-electron chi connectivity index (χ0n) is 11.9. The summed E-state index contributed by atoms with van der Waals surface area (Å²) in [6.45, 7) is 4.04. The minimum atomic E-state index is -1.25. The van der Waals surface area contributed by atoms with E-state index in [9.17, 15) is 9.59 Å². The predicted molar refractivity (Wildman–Crippen MR) is 75.4 cm³/mol. The summed E-state index contributed by atoms with van der Waals surface area (Å²) < 4.78 is 4.76. The van der Waals surface area contributed by atoms with Gasteiger partial charge in [-0.05, 0) is 13.0 Å². The quantitative estimate of drug-likeness (QED) is 0.562. The van der Waals surface area contributed by atoms with E-state index in [-0.39, 0.29) is 6.61 Å². The van der Waals surface area contributed by atoms with Crippen molar-refractivity contribution in [2.45, 2.75) is 13.0 Å². The Morgan fingerprint density at radius 3 is 2.48 bits per heavy atom. The van der Waals surface area contributed by atoms with Gasteiger partial charge in [0, 0.05) is 38.6 Å². The van der Waals surface area contributed by atoms with Crippen LogP contribution in [0, 0.1) is 0 Å². The summed E-state index contributed by atoms with van der Waals surface area (Å²) in [7, 11) is 0. The number of amides is 1. The molecule has 0 aliphatic carbocycles. The van der Waals surface area contributed by atoms with Gasteiger partial charge < -0.3 is 20.3 Å². The second kappa shape index (κ2) is 6.98. The van der Waals surface area contributed by atoms with Crippen LogP contribution >= 0.6 is 0 Å². The van der Waals surface area contributed by atoms with Crippen molar-refractivity contribution in [3.63, 3.8) is 0 Å². The number of carbonyl (C=O) groups excluding carboxylic acids is 2. The van der Waals surface area contributed by atoms with Crippen molar-refractivity contribution in [3.05, 3.63) is 18.5 Å². The van der Waals surface area contributed by atoms with Crippen LogP contribution < -0.4 is 10.6 Å². The first-order chi connectivity index (χ1) is 10.1. The van der Waals surface area contributed by atoms with Gasteiger partial charge in [-0.3, -0.25) is 4.79 Å². The third kappa shape index (κ3) is 3.66. The summed E-state index contributed by atoms with van der Waals surface area (Å²) in [6, 6.07) is 0.506. The van der Waals surface area contributed by atoms with Crippen molar-refractivity contribution in [3.8, 4) is 0 Å². The summed E-state index contributed by atoms with van der Waals surface area (Å²) in [5, 5.41) is 0. The minimum Gasteiger partial charge on any atom is -0.464 e. The number of aromatic nitrogens is 2. The van der Waals surface area contributed by atoms with Gasteiger partial charge in [-0.2, -0.15) is 0 Å². The van der Waals surface area contributed by atoms with E-state index in [0.717, 1.165) is 0 Å². The van der Waals surface area contributed by atoms with E-state index >= 15 is 0 Å². The molecule has 1 amide bonds. The van der Waals surface area contributed by atoms with Gasteiger partial charge in [0.05, 0.1) is 6.61 Å². The Labute approximate surface area is 122 Å². The van der Waals surface area contributed by atoms with E-state index in [1.807, 2.05) is 4.90 Å². The highest BCUT2D eigenvalue weighted by molar-refractivity contribution is 6.01. The first kappa shape index (κ1) is 15.2. The van der Waals surface area contributed by atoms with Crippen molar-refractivity contribution in [2.24, 2.45) is 5.73 Å².